The summed E-state index contributed by atoms with van der Waals surface area (Å²) in [5, 5.41) is 1.07. The molecule has 1 nitrogen and oxygen atoms in total. The Morgan fingerprint density at radius 1 is 0.682 bits per heavy atom. The zero-order chi connectivity index (χ0) is 14.9. The lowest BCUT2D eigenvalue weighted by atomic mass is 10.0. The average Bonchev–Trinajstić information content (AvgIpc) is 3.00. The number of rotatable bonds is 2. The van der Waals surface area contributed by atoms with Crippen molar-refractivity contribution in [3.63, 3.8) is 0 Å². The van der Waals surface area contributed by atoms with Gasteiger partial charge in [0.2, 0.25) is 0 Å². The summed E-state index contributed by atoms with van der Waals surface area (Å²) in [4.78, 5) is 4.71. The van der Waals surface area contributed by atoms with E-state index < -0.39 is 0 Å². The quantitative estimate of drug-likeness (QED) is 0.400. The fourth-order valence-electron chi connectivity index (χ4n) is 2.44. The van der Waals surface area contributed by atoms with Gasteiger partial charge >= 0.3 is 0 Å². The van der Waals surface area contributed by atoms with Gasteiger partial charge in [0.15, 0.2) is 0 Å². The summed E-state index contributed by atoms with van der Waals surface area (Å²) in [7, 11) is 0. The molecule has 0 spiro atoms. The van der Waals surface area contributed by atoms with Crippen LogP contribution in [-0.4, -0.2) is 4.98 Å². The molecule has 106 valence electrons. The lowest BCUT2D eigenvalue weighted by molar-refractivity contribution is 1.47. The molecule has 1 aromatic heterocycles. The third-order valence-corrected chi connectivity index (χ3v) is 5.22. The van der Waals surface area contributed by atoms with Crippen molar-refractivity contribution in [2.75, 3.05) is 0 Å². The molecule has 0 aliphatic carbocycles. The first-order chi connectivity index (χ1) is 10.8. The van der Waals surface area contributed by atoms with Gasteiger partial charge in [-0.2, -0.15) is 0 Å². The van der Waals surface area contributed by atoms with Crippen molar-refractivity contribution in [1.82, 2.24) is 4.98 Å². The first kappa shape index (κ1) is 13.7. The average molecular weight is 366 g/mol. The molecular formula is C19H12BrNS. The lowest BCUT2D eigenvalue weighted by Gasteiger charge is -2.03. The number of fused-ring (bicyclic) bond motifs is 1. The van der Waals surface area contributed by atoms with Crippen molar-refractivity contribution in [3.8, 4) is 21.7 Å². The second-order valence-corrected chi connectivity index (χ2v) is 7.02. The van der Waals surface area contributed by atoms with Crippen LogP contribution in [0.5, 0.6) is 0 Å². The molecule has 0 unspecified atom stereocenters. The predicted octanol–water partition coefficient (Wildman–Crippen LogP) is 6.39. The fraction of sp³-hybridized carbons (Fsp3) is 0. The molecule has 0 N–H and O–H groups in total. The van der Waals surface area contributed by atoms with E-state index in [-0.39, 0.29) is 0 Å². The van der Waals surface area contributed by atoms with Gasteiger partial charge in [0.05, 0.1) is 10.2 Å². The van der Waals surface area contributed by atoms with Crippen molar-refractivity contribution >= 4 is 37.5 Å². The molecule has 0 saturated carbocycles. The highest BCUT2D eigenvalue weighted by Crippen LogP contribution is 2.31. The molecule has 0 bridgehead atoms. The maximum absolute atomic E-state index is 4.71. The minimum Gasteiger partial charge on any atom is -0.236 e. The standard InChI is InChI=1S/C19H12BrNS/c20-16-11-9-14(10-12-16)13-5-7-15(8-6-13)19-21-17-3-1-2-4-18(17)22-19/h1-12H. The van der Waals surface area contributed by atoms with Crippen LogP contribution in [0.4, 0.5) is 0 Å². The minimum atomic E-state index is 1.07. The summed E-state index contributed by atoms with van der Waals surface area (Å²) in [5.74, 6) is 0. The number of aromatic nitrogens is 1. The Morgan fingerprint density at radius 3 is 1.95 bits per heavy atom. The molecule has 0 amide bonds. The highest BCUT2D eigenvalue weighted by molar-refractivity contribution is 9.10. The van der Waals surface area contributed by atoms with Crippen LogP contribution in [-0.2, 0) is 0 Å². The third-order valence-electron chi connectivity index (χ3n) is 3.60. The molecule has 3 heteroatoms. The highest BCUT2D eigenvalue weighted by Gasteiger charge is 2.06. The van der Waals surface area contributed by atoms with Crippen LogP contribution in [0.15, 0.2) is 77.3 Å². The van der Waals surface area contributed by atoms with Crippen molar-refractivity contribution in [1.29, 1.82) is 0 Å². The number of halogens is 1. The molecule has 0 aliphatic rings. The van der Waals surface area contributed by atoms with Gasteiger partial charge in [-0.3, -0.25) is 0 Å². The van der Waals surface area contributed by atoms with Gasteiger partial charge in [-0.05, 0) is 35.4 Å². The Hall–Kier alpha value is -1.97. The molecular weight excluding hydrogens is 354 g/mol. The summed E-state index contributed by atoms with van der Waals surface area (Å²) in [5.41, 5.74) is 4.68. The maximum Gasteiger partial charge on any atom is 0.124 e. The molecule has 0 fully saturated rings. The third kappa shape index (κ3) is 2.58. The molecule has 22 heavy (non-hydrogen) atoms. The van der Waals surface area contributed by atoms with Crippen LogP contribution < -0.4 is 0 Å². The van der Waals surface area contributed by atoms with Gasteiger partial charge < -0.3 is 0 Å². The lowest BCUT2D eigenvalue weighted by Crippen LogP contribution is -1.79. The van der Waals surface area contributed by atoms with Gasteiger partial charge in [0, 0.05) is 10.0 Å². The van der Waals surface area contributed by atoms with E-state index in [0.29, 0.717) is 0 Å². The van der Waals surface area contributed by atoms with Crippen molar-refractivity contribution in [3.05, 3.63) is 77.3 Å². The SMILES string of the molecule is Brc1ccc(-c2ccc(-c3nc4ccccc4s3)cc2)cc1. The van der Waals surface area contributed by atoms with Crippen LogP contribution in [0.3, 0.4) is 0 Å². The molecule has 0 radical (unpaired) electrons. The smallest absolute Gasteiger partial charge is 0.124 e. The monoisotopic (exact) mass is 365 g/mol. The predicted molar refractivity (Wildman–Crippen MR) is 98.2 cm³/mol. The second-order valence-electron chi connectivity index (χ2n) is 5.07. The van der Waals surface area contributed by atoms with E-state index in [4.69, 9.17) is 4.98 Å². The van der Waals surface area contributed by atoms with Gasteiger partial charge in [-0.15, -0.1) is 11.3 Å². The maximum atomic E-state index is 4.71. The van der Waals surface area contributed by atoms with Gasteiger partial charge in [-0.25, -0.2) is 4.98 Å². The summed E-state index contributed by atoms with van der Waals surface area (Å²) < 4.78 is 2.33. The fourth-order valence-corrected chi connectivity index (χ4v) is 3.68. The van der Waals surface area contributed by atoms with E-state index in [1.54, 1.807) is 11.3 Å². The summed E-state index contributed by atoms with van der Waals surface area (Å²) in [6.45, 7) is 0. The molecule has 0 saturated heterocycles. The molecule has 3 aromatic carbocycles. The van der Waals surface area contributed by atoms with Crippen molar-refractivity contribution in [2.45, 2.75) is 0 Å². The van der Waals surface area contributed by atoms with Gasteiger partial charge in [0.1, 0.15) is 5.01 Å². The first-order valence-electron chi connectivity index (χ1n) is 7.01. The Kier molecular flexibility index (Phi) is 3.53. The van der Waals surface area contributed by atoms with Crippen LogP contribution in [0.25, 0.3) is 31.9 Å². The Balaban J connectivity index is 1.70. The minimum absolute atomic E-state index is 1.07. The van der Waals surface area contributed by atoms with Crippen LogP contribution in [0.2, 0.25) is 0 Å². The zero-order valence-electron chi connectivity index (χ0n) is 11.7. The van der Waals surface area contributed by atoms with Crippen LogP contribution >= 0.6 is 27.3 Å². The van der Waals surface area contributed by atoms with Gasteiger partial charge in [-0.1, -0.05) is 64.5 Å². The Bertz CT molecular complexity index is 891. The zero-order valence-corrected chi connectivity index (χ0v) is 14.1. The number of para-hydroxylation sites is 1. The van der Waals surface area contributed by atoms with E-state index in [2.05, 4.69) is 82.7 Å². The second kappa shape index (κ2) is 5.67. The number of thiazole rings is 1. The summed E-state index contributed by atoms with van der Waals surface area (Å²) in [6.07, 6.45) is 0. The molecule has 0 atom stereocenters. The van der Waals surface area contributed by atoms with Crippen LogP contribution in [0, 0.1) is 0 Å². The summed E-state index contributed by atoms with van der Waals surface area (Å²) >= 11 is 5.21. The van der Waals surface area contributed by atoms with Gasteiger partial charge in [0.25, 0.3) is 0 Å². The first-order valence-corrected chi connectivity index (χ1v) is 8.62. The highest BCUT2D eigenvalue weighted by atomic mass is 79.9. The Labute approximate surface area is 141 Å². The molecule has 4 rings (SSSR count). The number of hydrogen-bond donors (Lipinski definition) is 0. The van der Waals surface area contributed by atoms with E-state index in [0.717, 1.165) is 15.0 Å². The van der Waals surface area contributed by atoms with Crippen molar-refractivity contribution < 1.29 is 0 Å². The largest absolute Gasteiger partial charge is 0.236 e. The van der Waals surface area contributed by atoms with E-state index >= 15 is 0 Å². The molecule has 4 aromatic rings. The normalized spacial score (nSPS) is 11.0. The molecule has 0 aliphatic heterocycles. The van der Waals surface area contributed by atoms with E-state index in [1.165, 1.54) is 21.4 Å². The Morgan fingerprint density at radius 2 is 1.27 bits per heavy atom. The van der Waals surface area contributed by atoms with E-state index in [1.807, 2.05) is 6.07 Å². The summed E-state index contributed by atoms with van der Waals surface area (Å²) in [6, 6.07) is 25.3. The number of hydrogen-bond acceptors (Lipinski definition) is 2. The number of nitrogens with zero attached hydrogens (tertiary/aromatic N) is 1. The number of benzene rings is 3. The van der Waals surface area contributed by atoms with Crippen LogP contribution in [0.1, 0.15) is 0 Å². The topological polar surface area (TPSA) is 12.9 Å². The van der Waals surface area contributed by atoms with E-state index in [9.17, 15) is 0 Å². The molecule has 1 heterocycles. The van der Waals surface area contributed by atoms with Crippen molar-refractivity contribution in [2.24, 2.45) is 0 Å².